The summed E-state index contributed by atoms with van der Waals surface area (Å²) in [6, 6.07) is 2.15. The Balaban J connectivity index is 2.73. The molecule has 1 aromatic rings. The topological polar surface area (TPSA) is 39.2 Å². The first-order valence-electron chi connectivity index (χ1n) is 6.04. The highest BCUT2D eigenvalue weighted by atomic mass is 16.3. The van der Waals surface area contributed by atoms with Gasteiger partial charge in [-0.15, -0.1) is 0 Å². The maximum Gasteiger partial charge on any atom is 0.105 e. The van der Waals surface area contributed by atoms with Gasteiger partial charge in [0.1, 0.15) is 11.5 Å². The van der Waals surface area contributed by atoms with E-state index in [9.17, 15) is 0 Å². The highest BCUT2D eigenvalue weighted by Gasteiger charge is 2.24. The summed E-state index contributed by atoms with van der Waals surface area (Å²) in [5.41, 5.74) is 7.72. The largest absolute Gasteiger partial charge is 0.466 e. The highest BCUT2D eigenvalue weighted by molar-refractivity contribution is 5.23. The van der Waals surface area contributed by atoms with E-state index in [4.69, 9.17) is 10.2 Å². The summed E-state index contributed by atoms with van der Waals surface area (Å²) in [7, 11) is 0. The number of nitrogens with two attached hydrogens (primary N) is 1. The van der Waals surface area contributed by atoms with Gasteiger partial charge in [0.15, 0.2) is 0 Å². The van der Waals surface area contributed by atoms with Crippen LogP contribution in [0, 0.1) is 25.2 Å². The molecular weight excluding hydrogens is 198 g/mol. The molecule has 2 N–H and O–H groups in total. The third-order valence-electron chi connectivity index (χ3n) is 3.56. The van der Waals surface area contributed by atoms with Gasteiger partial charge in [-0.05, 0) is 37.7 Å². The van der Waals surface area contributed by atoms with E-state index in [0.717, 1.165) is 23.5 Å². The van der Waals surface area contributed by atoms with Crippen molar-refractivity contribution in [1.29, 1.82) is 0 Å². The maximum absolute atomic E-state index is 6.25. The van der Waals surface area contributed by atoms with E-state index in [1.165, 1.54) is 0 Å². The zero-order chi connectivity index (χ0) is 12.5. The third-order valence-corrected chi connectivity index (χ3v) is 3.56. The molecule has 92 valence electrons. The highest BCUT2D eigenvalue weighted by Crippen LogP contribution is 2.33. The molecule has 1 aromatic heterocycles. The van der Waals surface area contributed by atoms with Gasteiger partial charge in [0.2, 0.25) is 0 Å². The van der Waals surface area contributed by atoms with Crippen LogP contribution in [0.5, 0.6) is 0 Å². The van der Waals surface area contributed by atoms with Crippen molar-refractivity contribution in [2.45, 2.75) is 54.0 Å². The van der Waals surface area contributed by atoms with Gasteiger partial charge in [0, 0.05) is 11.6 Å². The van der Waals surface area contributed by atoms with Crippen molar-refractivity contribution >= 4 is 0 Å². The Morgan fingerprint density at radius 3 is 2.25 bits per heavy atom. The van der Waals surface area contributed by atoms with E-state index in [2.05, 4.69) is 33.8 Å². The molecule has 16 heavy (non-hydrogen) atoms. The SMILES string of the molecule is Cc1cc(C(N)CC(C)C(C)(C)C)c(C)o1. The van der Waals surface area contributed by atoms with Gasteiger partial charge < -0.3 is 10.2 Å². The molecule has 2 atom stereocenters. The van der Waals surface area contributed by atoms with Crippen molar-refractivity contribution in [2.24, 2.45) is 17.1 Å². The minimum atomic E-state index is 0.0895. The average molecular weight is 223 g/mol. The normalized spacial score (nSPS) is 16.2. The van der Waals surface area contributed by atoms with Gasteiger partial charge in [0.25, 0.3) is 0 Å². The van der Waals surface area contributed by atoms with E-state index < -0.39 is 0 Å². The molecule has 0 aromatic carbocycles. The molecule has 0 fully saturated rings. The van der Waals surface area contributed by atoms with Crippen LogP contribution < -0.4 is 5.73 Å². The van der Waals surface area contributed by atoms with Crippen LogP contribution in [0.4, 0.5) is 0 Å². The lowest BCUT2D eigenvalue weighted by molar-refractivity contribution is 0.233. The molecule has 2 unspecified atom stereocenters. The lowest BCUT2D eigenvalue weighted by Crippen LogP contribution is -2.23. The van der Waals surface area contributed by atoms with E-state index in [0.29, 0.717) is 11.3 Å². The molecule has 0 bridgehead atoms. The first-order chi connectivity index (χ1) is 7.21. The summed E-state index contributed by atoms with van der Waals surface area (Å²) in [5, 5.41) is 0. The van der Waals surface area contributed by atoms with E-state index in [1.807, 2.05) is 13.8 Å². The van der Waals surface area contributed by atoms with Gasteiger partial charge in [-0.25, -0.2) is 0 Å². The number of furan rings is 1. The quantitative estimate of drug-likeness (QED) is 0.842. The van der Waals surface area contributed by atoms with Crippen LogP contribution in [-0.4, -0.2) is 0 Å². The molecule has 0 aliphatic heterocycles. The first-order valence-corrected chi connectivity index (χ1v) is 6.04. The second-order valence-corrected chi connectivity index (χ2v) is 5.98. The fourth-order valence-corrected chi connectivity index (χ4v) is 1.88. The molecule has 0 saturated heterocycles. The molecule has 1 heterocycles. The Hall–Kier alpha value is -0.760. The first kappa shape index (κ1) is 13.3. The van der Waals surface area contributed by atoms with E-state index >= 15 is 0 Å². The second-order valence-electron chi connectivity index (χ2n) is 5.98. The predicted molar refractivity (Wildman–Crippen MR) is 68.3 cm³/mol. The number of aryl methyl sites for hydroxylation is 2. The molecule has 0 radical (unpaired) electrons. The fraction of sp³-hybridized carbons (Fsp3) is 0.714. The van der Waals surface area contributed by atoms with Crippen LogP contribution in [0.15, 0.2) is 10.5 Å². The standard InChI is InChI=1S/C14H25NO/c1-9(14(4,5)6)7-13(15)12-8-10(2)16-11(12)3/h8-9,13H,7,15H2,1-6H3. The van der Waals surface area contributed by atoms with Crippen LogP contribution in [0.1, 0.15) is 57.2 Å². The lowest BCUT2D eigenvalue weighted by Gasteiger charge is -2.29. The van der Waals surface area contributed by atoms with Crippen molar-refractivity contribution in [1.82, 2.24) is 0 Å². The predicted octanol–water partition coefficient (Wildman–Crippen LogP) is 3.97. The Kier molecular flexibility index (Phi) is 3.84. The van der Waals surface area contributed by atoms with Gasteiger partial charge >= 0.3 is 0 Å². The van der Waals surface area contributed by atoms with Gasteiger partial charge in [-0.2, -0.15) is 0 Å². The van der Waals surface area contributed by atoms with Crippen LogP contribution in [-0.2, 0) is 0 Å². The molecule has 2 heteroatoms. The summed E-state index contributed by atoms with van der Waals surface area (Å²) >= 11 is 0. The zero-order valence-corrected chi connectivity index (χ0v) is 11.4. The molecule has 0 aliphatic rings. The third kappa shape index (κ3) is 3.11. The van der Waals surface area contributed by atoms with E-state index in [1.54, 1.807) is 0 Å². The average Bonchev–Trinajstić information content (AvgIpc) is 2.43. The molecule has 0 amide bonds. The molecule has 2 nitrogen and oxygen atoms in total. The minimum Gasteiger partial charge on any atom is -0.466 e. The van der Waals surface area contributed by atoms with Crippen LogP contribution in [0.3, 0.4) is 0 Å². The molecular formula is C14H25NO. The second kappa shape index (κ2) is 4.62. The van der Waals surface area contributed by atoms with Gasteiger partial charge in [0.05, 0.1) is 0 Å². The number of rotatable bonds is 3. The zero-order valence-electron chi connectivity index (χ0n) is 11.4. The Morgan fingerprint density at radius 2 is 1.88 bits per heavy atom. The van der Waals surface area contributed by atoms with Gasteiger partial charge in [-0.3, -0.25) is 0 Å². The molecule has 1 rings (SSSR count). The number of hydrogen-bond donors (Lipinski definition) is 1. The smallest absolute Gasteiger partial charge is 0.105 e. The van der Waals surface area contributed by atoms with Crippen molar-refractivity contribution in [3.63, 3.8) is 0 Å². The molecule has 0 spiro atoms. The van der Waals surface area contributed by atoms with Crippen LogP contribution in [0.2, 0.25) is 0 Å². The van der Waals surface area contributed by atoms with E-state index in [-0.39, 0.29) is 6.04 Å². The number of hydrogen-bond acceptors (Lipinski definition) is 2. The monoisotopic (exact) mass is 223 g/mol. The molecule has 0 aliphatic carbocycles. The maximum atomic E-state index is 6.25. The fourth-order valence-electron chi connectivity index (χ4n) is 1.88. The van der Waals surface area contributed by atoms with Crippen molar-refractivity contribution in [3.8, 4) is 0 Å². The summed E-state index contributed by atoms with van der Waals surface area (Å²) in [6.45, 7) is 13.0. The van der Waals surface area contributed by atoms with Crippen molar-refractivity contribution in [3.05, 3.63) is 23.2 Å². The summed E-state index contributed by atoms with van der Waals surface area (Å²) in [5.74, 6) is 2.51. The Bertz CT molecular complexity index is 346. The van der Waals surface area contributed by atoms with Crippen LogP contribution in [0.25, 0.3) is 0 Å². The summed E-state index contributed by atoms with van der Waals surface area (Å²) in [4.78, 5) is 0. The Labute approximate surface area is 99.2 Å². The minimum absolute atomic E-state index is 0.0895. The Morgan fingerprint density at radius 1 is 1.31 bits per heavy atom. The van der Waals surface area contributed by atoms with Gasteiger partial charge in [-0.1, -0.05) is 27.7 Å². The molecule has 0 saturated carbocycles. The summed E-state index contributed by atoms with van der Waals surface area (Å²) in [6.07, 6.45) is 1.00. The van der Waals surface area contributed by atoms with Crippen molar-refractivity contribution in [2.75, 3.05) is 0 Å². The van der Waals surface area contributed by atoms with Crippen LogP contribution >= 0.6 is 0 Å². The van der Waals surface area contributed by atoms with Crippen molar-refractivity contribution < 1.29 is 4.42 Å². The lowest BCUT2D eigenvalue weighted by atomic mass is 9.78. The summed E-state index contributed by atoms with van der Waals surface area (Å²) < 4.78 is 5.52.